The Morgan fingerprint density at radius 2 is 1.67 bits per heavy atom. The molecule has 0 spiro atoms. The van der Waals surface area contributed by atoms with Crippen molar-refractivity contribution in [2.45, 2.75) is 26.3 Å². The molecular weight excluding hydrogens is 307 g/mol. The fourth-order valence-corrected chi connectivity index (χ4v) is 2.39. The SMILES string of the molecule is CC(=O)Nc1ccc(CC(=O)N(C)[C@H](C)c2ccc(F)cc2)cc1. The number of anilines is 1. The molecule has 0 unspecified atom stereocenters. The largest absolute Gasteiger partial charge is 0.339 e. The van der Waals surface area contributed by atoms with E-state index in [9.17, 15) is 14.0 Å². The van der Waals surface area contributed by atoms with E-state index in [0.29, 0.717) is 5.69 Å². The first-order valence-corrected chi connectivity index (χ1v) is 7.74. The van der Waals surface area contributed by atoms with Gasteiger partial charge in [-0.2, -0.15) is 0 Å². The van der Waals surface area contributed by atoms with E-state index in [1.165, 1.54) is 19.1 Å². The van der Waals surface area contributed by atoms with Gasteiger partial charge in [-0.05, 0) is 42.3 Å². The predicted octanol–water partition coefficient (Wildman–Crippen LogP) is 3.55. The van der Waals surface area contributed by atoms with Gasteiger partial charge in [0.25, 0.3) is 0 Å². The maximum absolute atomic E-state index is 13.0. The van der Waals surface area contributed by atoms with Gasteiger partial charge in [0.2, 0.25) is 11.8 Å². The molecule has 1 N–H and O–H groups in total. The van der Waals surface area contributed by atoms with Gasteiger partial charge in [0, 0.05) is 19.7 Å². The predicted molar refractivity (Wildman–Crippen MR) is 92.0 cm³/mol. The summed E-state index contributed by atoms with van der Waals surface area (Å²) in [6, 6.07) is 13.2. The zero-order valence-corrected chi connectivity index (χ0v) is 14.0. The Hall–Kier alpha value is -2.69. The summed E-state index contributed by atoms with van der Waals surface area (Å²) >= 11 is 0. The number of hydrogen-bond acceptors (Lipinski definition) is 2. The van der Waals surface area contributed by atoms with Crippen molar-refractivity contribution in [2.75, 3.05) is 12.4 Å². The summed E-state index contributed by atoms with van der Waals surface area (Å²) in [5.41, 5.74) is 2.45. The van der Waals surface area contributed by atoms with Gasteiger partial charge < -0.3 is 10.2 Å². The van der Waals surface area contributed by atoms with Crippen LogP contribution in [0.2, 0.25) is 0 Å². The van der Waals surface area contributed by atoms with Gasteiger partial charge in [0.15, 0.2) is 0 Å². The normalized spacial score (nSPS) is 11.7. The van der Waals surface area contributed by atoms with E-state index in [4.69, 9.17) is 0 Å². The lowest BCUT2D eigenvalue weighted by Crippen LogP contribution is -2.30. The first kappa shape index (κ1) is 17.7. The molecule has 1 atom stereocenters. The second kappa shape index (κ2) is 7.73. The third kappa shape index (κ3) is 4.65. The number of carbonyl (C=O) groups excluding carboxylic acids is 2. The molecule has 0 saturated carbocycles. The highest BCUT2D eigenvalue weighted by Gasteiger charge is 2.17. The van der Waals surface area contributed by atoms with Crippen LogP contribution in [0.5, 0.6) is 0 Å². The molecule has 5 heteroatoms. The van der Waals surface area contributed by atoms with Crippen LogP contribution in [0.1, 0.15) is 31.0 Å². The van der Waals surface area contributed by atoms with Crippen LogP contribution in [0, 0.1) is 5.82 Å². The summed E-state index contributed by atoms with van der Waals surface area (Å²) < 4.78 is 13.0. The van der Waals surface area contributed by atoms with E-state index in [1.807, 2.05) is 19.1 Å². The van der Waals surface area contributed by atoms with Crippen LogP contribution < -0.4 is 5.32 Å². The standard InChI is InChI=1S/C19H21FN2O2/c1-13(16-6-8-17(20)9-7-16)22(3)19(24)12-15-4-10-18(11-5-15)21-14(2)23/h4-11,13H,12H2,1-3H3,(H,21,23)/t13-/m1/s1. The fourth-order valence-electron chi connectivity index (χ4n) is 2.39. The smallest absolute Gasteiger partial charge is 0.227 e. The molecule has 0 saturated heterocycles. The van der Waals surface area contributed by atoms with E-state index in [-0.39, 0.29) is 30.1 Å². The summed E-state index contributed by atoms with van der Waals surface area (Å²) in [6.45, 7) is 3.36. The molecule has 0 radical (unpaired) electrons. The molecule has 0 aromatic heterocycles. The minimum atomic E-state index is -0.292. The van der Waals surface area contributed by atoms with Gasteiger partial charge in [-0.15, -0.1) is 0 Å². The van der Waals surface area contributed by atoms with E-state index in [0.717, 1.165) is 11.1 Å². The second-order valence-electron chi connectivity index (χ2n) is 5.79. The summed E-state index contributed by atoms with van der Waals surface area (Å²) in [5.74, 6) is -0.454. The first-order chi connectivity index (χ1) is 11.4. The van der Waals surface area contributed by atoms with Crippen molar-refractivity contribution >= 4 is 17.5 Å². The van der Waals surface area contributed by atoms with Gasteiger partial charge in [0.1, 0.15) is 5.82 Å². The monoisotopic (exact) mass is 328 g/mol. The number of amides is 2. The summed E-state index contributed by atoms with van der Waals surface area (Å²) in [5, 5.41) is 2.69. The van der Waals surface area contributed by atoms with E-state index in [1.54, 1.807) is 36.2 Å². The Bertz CT molecular complexity index is 711. The van der Waals surface area contributed by atoms with E-state index < -0.39 is 0 Å². The van der Waals surface area contributed by atoms with Crippen molar-refractivity contribution in [3.05, 3.63) is 65.5 Å². The van der Waals surface area contributed by atoms with Crippen molar-refractivity contribution in [3.8, 4) is 0 Å². The Morgan fingerprint density at radius 1 is 1.08 bits per heavy atom. The molecule has 0 aliphatic rings. The lowest BCUT2D eigenvalue weighted by Gasteiger charge is -2.25. The maximum atomic E-state index is 13.0. The molecule has 4 nitrogen and oxygen atoms in total. The number of benzene rings is 2. The lowest BCUT2D eigenvalue weighted by molar-refractivity contribution is -0.131. The molecule has 2 rings (SSSR count). The number of nitrogens with one attached hydrogen (secondary N) is 1. The number of hydrogen-bond donors (Lipinski definition) is 1. The van der Waals surface area contributed by atoms with Gasteiger partial charge in [0.05, 0.1) is 12.5 Å². The van der Waals surface area contributed by atoms with Crippen molar-refractivity contribution in [1.82, 2.24) is 4.90 Å². The van der Waals surface area contributed by atoms with Crippen LogP contribution in [-0.2, 0) is 16.0 Å². The topological polar surface area (TPSA) is 49.4 Å². The lowest BCUT2D eigenvalue weighted by atomic mass is 10.1. The Balaban J connectivity index is 2.00. The molecule has 0 heterocycles. The summed E-state index contributed by atoms with van der Waals surface area (Å²) in [6.07, 6.45) is 0.266. The van der Waals surface area contributed by atoms with Gasteiger partial charge >= 0.3 is 0 Å². The van der Waals surface area contributed by atoms with Gasteiger partial charge in [-0.1, -0.05) is 24.3 Å². The molecule has 2 aromatic carbocycles. The maximum Gasteiger partial charge on any atom is 0.227 e. The highest BCUT2D eigenvalue weighted by atomic mass is 19.1. The zero-order chi connectivity index (χ0) is 17.7. The van der Waals surface area contributed by atoms with Crippen LogP contribution in [0.15, 0.2) is 48.5 Å². The molecular formula is C19H21FN2O2. The average Bonchev–Trinajstić information content (AvgIpc) is 2.55. The molecule has 24 heavy (non-hydrogen) atoms. The molecule has 0 fully saturated rings. The molecule has 0 aliphatic heterocycles. The Morgan fingerprint density at radius 3 is 2.21 bits per heavy atom. The first-order valence-electron chi connectivity index (χ1n) is 7.74. The number of halogens is 1. The van der Waals surface area contributed by atoms with Crippen molar-refractivity contribution < 1.29 is 14.0 Å². The van der Waals surface area contributed by atoms with Crippen molar-refractivity contribution in [3.63, 3.8) is 0 Å². The van der Waals surface area contributed by atoms with Crippen molar-refractivity contribution in [1.29, 1.82) is 0 Å². The third-order valence-electron chi connectivity index (χ3n) is 3.96. The molecule has 2 aromatic rings. The van der Waals surface area contributed by atoms with E-state index >= 15 is 0 Å². The van der Waals surface area contributed by atoms with Crippen LogP contribution in [0.4, 0.5) is 10.1 Å². The van der Waals surface area contributed by atoms with Crippen LogP contribution in [-0.4, -0.2) is 23.8 Å². The average molecular weight is 328 g/mol. The number of nitrogens with zero attached hydrogens (tertiary/aromatic N) is 1. The van der Waals surface area contributed by atoms with Crippen LogP contribution in [0.25, 0.3) is 0 Å². The third-order valence-corrected chi connectivity index (χ3v) is 3.96. The van der Waals surface area contributed by atoms with Gasteiger partial charge in [-0.3, -0.25) is 9.59 Å². The molecule has 126 valence electrons. The molecule has 2 amide bonds. The number of likely N-dealkylation sites (N-methyl/N-ethyl adjacent to an activating group) is 1. The Kier molecular flexibility index (Phi) is 5.68. The van der Waals surface area contributed by atoms with Gasteiger partial charge in [-0.25, -0.2) is 4.39 Å². The summed E-state index contributed by atoms with van der Waals surface area (Å²) in [7, 11) is 1.74. The highest BCUT2D eigenvalue weighted by molar-refractivity contribution is 5.88. The number of rotatable bonds is 5. The second-order valence-corrected chi connectivity index (χ2v) is 5.79. The van der Waals surface area contributed by atoms with E-state index in [2.05, 4.69) is 5.32 Å². The minimum absolute atomic E-state index is 0.0286. The van der Waals surface area contributed by atoms with Crippen molar-refractivity contribution in [2.24, 2.45) is 0 Å². The molecule has 0 bridgehead atoms. The highest BCUT2D eigenvalue weighted by Crippen LogP contribution is 2.20. The molecule has 0 aliphatic carbocycles. The number of carbonyl (C=O) groups is 2. The summed E-state index contributed by atoms with van der Waals surface area (Å²) in [4.78, 5) is 25.1. The fraction of sp³-hybridized carbons (Fsp3) is 0.263. The Labute approximate surface area is 141 Å². The minimum Gasteiger partial charge on any atom is -0.339 e. The quantitative estimate of drug-likeness (QED) is 0.912. The zero-order valence-electron chi connectivity index (χ0n) is 14.0. The van der Waals surface area contributed by atoms with Crippen LogP contribution >= 0.6 is 0 Å². The van der Waals surface area contributed by atoms with Crippen LogP contribution in [0.3, 0.4) is 0 Å².